The quantitative estimate of drug-likeness (QED) is 0.579. The molecule has 0 saturated heterocycles. The lowest BCUT2D eigenvalue weighted by molar-refractivity contribution is 0.0539. The zero-order valence-corrected chi connectivity index (χ0v) is 8.51. The molecule has 2 atom stereocenters. The van der Waals surface area contributed by atoms with E-state index in [1.54, 1.807) is 25.6 Å². The van der Waals surface area contributed by atoms with Crippen molar-refractivity contribution in [1.82, 2.24) is 0 Å². The van der Waals surface area contributed by atoms with Crippen molar-refractivity contribution >= 4 is 11.8 Å². The first kappa shape index (κ1) is 12.2. The van der Waals surface area contributed by atoms with Gasteiger partial charge in [-0.3, -0.25) is 0 Å². The number of thioether (sulfide) groups is 1. The minimum absolute atomic E-state index is 0.244. The van der Waals surface area contributed by atoms with Gasteiger partial charge in [0.05, 0.1) is 25.4 Å². The summed E-state index contributed by atoms with van der Waals surface area (Å²) in [6, 6.07) is 0. The average Bonchev–Trinajstić information content (AvgIpc) is 1.95. The van der Waals surface area contributed by atoms with Gasteiger partial charge >= 0.3 is 0 Å². The van der Waals surface area contributed by atoms with Gasteiger partial charge in [-0.25, -0.2) is 0 Å². The predicted octanol–water partition coefficient (Wildman–Crippen LogP) is 0.498. The molecule has 0 spiro atoms. The van der Waals surface area contributed by atoms with Crippen LogP contribution in [0.15, 0.2) is 0 Å². The maximum atomic E-state index is 8.90. The third-order valence-corrected chi connectivity index (χ3v) is 2.26. The highest BCUT2D eigenvalue weighted by atomic mass is 32.2. The summed E-state index contributed by atoms with van der Waals surface area (Å²) >= 11 is 1.66. The Labute approximate surface area is 78.1 Å². The van der Waals surface area contributed by atoms with E-state index in [1.807, 2.05) is 0 Å². The summed E-state index contributed by atoms with van der Waals surface area (Å²) in [6.07, 6.45) is -0.626. The van der Waals surface area contributed by atoms with Crippen molar-refractivity contribution in [1.29, 1.82) is 0 Å². The van der Waals surface area contributed by atoms with Crippen LogP contribution in [0.5, 0.6) is 0 Å². The minimum atomic E-state index is -0.383. The molecular weight excluding hydrogens is 176 g/mol. The normalized spacial score (nSPS) is 16.0. The predicted molar refractivity (Wildman–Crippen MR) is 51.5 cm³/mol. The van der Waals surface area contributed by atoms with Crippen LogP contribution >= 0.6 is 11.8 Å². The first-order valence-electron chi connectivity index (χ1n) is 4.14. The molecule has 74 valence electrons. The molecule has 0 heterocycles. The van der Waals surface area contributed by atoms with Crippen LogP contribution in [0.1, 0.15) is 13.8 Å². The molecule has 0 amide bonds. The summed E-state index contributed by atoms with van der Waals surface area (Å²) in [4.78, 5) is 0. The third-order valence-electron chi connectivity index (χ3n) is 1.09. The standard InChI is InChI=1S/C8H18O3S/c1-7(9)5-11-3-4-12-6-8(2)10/h7-10H,3-6H2,1-2H3. The van der Waals surface area contributed by atoms with E-state index < -0.39 is 0 Å². The molecule has 0 aromatic carbocycles. The number of hydrogen-bond acceptors (Lipinski definition) is 4. The average molecular weight is 194 g/mol. The Morgan fingerprint density at radius 3 is 2.42 bits per heavy atom. The van der Waals surface area contributed by atoms with Gasteiger partial charge in [0, 0.05) is 11.5 Å². The number of hydrogen-bond donors (Lipinski definition) is 2. The van der Waals surface area contributed by atoms with E-state index in [4.69, 9.17) is 14.9 Å². The molecule has 0 aliphatic rings. The zero-order valence-electron chi connectivity index (χ0n) is 7.69. The SMILES string of the molecule is CC(O)COCCSCC(C)O. The monoisotopic (exact) mass is 194 g/mol. The van der Waals surface area contributed by atoms with Crippen LogP contribution in [0, 0.1) is 0 Å². The summed E-state index contributed by atoms with van der Waals surface area (Å²) in [5.41, 5.74) is 0. The van der Waals surface area contributed by atoms with Gasteiger partial charge in [-0.2, -0.15) is 11.8 Å². The minimum Gasteiger partial charge on any atom is -0.393 e. The lowest BCUT2D eigenvalue weighted by atomic mass is 10.4. The molecule has 0 radical (unpaired) electrons. The second-order valence-corrected chi connectivity index (χ2v) is 4.00. The van der Waals surface area contributed by atoms with Gasteiger partial charge in [-0.15, -0.1) is 0 Å². The van der Waals surface area contributed by atoms with Gasteiger partial charge in [0.15, 0.2) is 0 Å². The van der Waals surface area contributed by atoms with Crippen LogP contribution < -0.4 is 0 Å². The Kier molecular flexibility index (Phi) is 8.01. The number of ether oxygens (including phenoxy) is 1. The summed E-state index contributed by atoms with van der Waals surface area (Å²) in [6.45, 7) is 4.50. The molecule has 0 fully saturated rings. The van der Waals surface area contributed by atoms with E-state index in [2.05, 4.69) is 0 Å². The largest absolute Gasteiger partial charge is 0.393 e. The third kappa shape index (κ3) is 10.2. The highest BCUT2D eigenvalue weighted by molar-refractivity contribution is 7.99. The summed E-state index contributed by atoms with van der Waals surface area (Å²) < 4.78 is 5.12. The molecule has 0 aliphatic carbocycles. The molecule has 12 heavy (non-hydrogen) atoms. The molecule has 0 bridgehead atoms. The van der Waals surface area contributed by atoms with Crippen LogP contribution in [0.3, 0.4) is 0 Å². The summed E-state index contributed by atoms with van der Waals surface area (Å²) in [5.74, 6) is 1.62. The van der Waals surface area contributed by atoms with Crippen LogP contribution in [0.25, 0.3) is 0 Å². The summed E-state index contributed by atoms with van der Waals surface area (Å²) in [7, 11) is 0. The maximum Gasteiger partial charge on any atom is 0.0745 e. The van der Waals surface area contributed by atoms with E-state index in [9.17, 15) is 0 Å². The fourth-order valence-corrected chi connectivity index (χ4v) is 1.37. The first-order chi connectivity index (χ1) is 5.63. The highest BCUT2D eigenvalue weighted by Gasteiger charge is 1.97. The Balaban J connectivity index is 2.91. The fourth-order valence-electron chi connectivity index (χ4n) is 0.626. The van der Waals surface area contributed by atoms with Gasteiger partial charge in [-0.1, -0.05) is 0 Å². The Morgan fingerprint density at radius 2 is 1.92 bits per heavy atom. The lowest BCUT2D eigenvalue weighted by Gasteiger charge is -2.06. The number of aliphatic hydroxyl groups is 2. The van der Waals surface area contributed by atoms with E-state index in [0.29, 0.717) is 13.2 Å². The lowest BCUT2D eigenvalue weighted by Crippen LogP contribution is -2.12. The van der Waals surface area contributed by atoms with Gasteiger partial charge in [0.2, 0.25) is 0 Å². The van der Waals surface area contributed by atoms with E-state index in [0.717, 1.165) is 11.5 Å². The van der Waals surface area contributed by atoms with Crippen molar-refractivity contribution in [2.45, 2.75) is 26.1 Å². The first-order valence-corrected chi connectivity index (χ1v) is 5.30. The molecule has 2 unspecified atom stereocenters. The van der Waals surface area contributed by atoms with Crippen LogP contribution in [0.2, 0.25) is 0 Å². The molecular formula is C8H18O3S. The van der Waals surface area contributed by atoms with Crippen molar-refractivity contribution in [2.24, 2.45) is 0 Å². The molecule has 2 N–H and O–H groups in total. The van der Waals surface area contributed by atoms with Gasteiger partial charge in [0.1, 0.15) is 0 Å². The summed E-state index contributed by atoms with van der Waals surface area (Å²) in [5, 5.41) is 17.7. The Bertz CT molecular complexity index is 84.3. The second kappa shape index (κ2) is 7.86. The number of rotatable bonds is 7. The van der Waals surface area contributed by atoms with Crippen molar-refractivity contribution in [3.63, 3.8) is 0 Å². The molecule has 0 saturated carbocycles. The smallest absolute Gasteiger partial charge is 0.0745 e. The van der Waals surface area contributed by atoms with Crippen LogP contribution in [-0.2, 0) is 4.74 Å². The molecule has 4 heteroatoms. The zero-order chi connectivity index (χ0) is 9.40. The fraction of sp³-hybridized carbons (Fsp3) is 1.00. The van der Waals surface area contributed by atoms with Crippen LogP contribution in [-0.4, -0.2) is 47.1 Å². The van der Waals surface area contributed by atoms with E-state index in [1.165, 1.54) is 0 Å². The van der Waals surface area contributed by atoms with Crippen molar-refractivity contribution in [3.05, 3.63) is 0 Å². The highest BCUT2D eigenvalue weighted by Crippen LogP contribution is 2.01. The molecule has 0 aromatic rings. The van der Waals surface area contributed by atoms with Crippen LogP contribution in [0.4, 0.5) is 0 Å². The second-order valence-electron chi connectivity index (χ2n) is 2.85. The maximum absolute atomic E-state index is 8.90. The van der Waals surface area contributed by atoms with E-state index >= 15 is 0 Å². The van der Waals surface area contributed by atoms with Crippen molar-refractivity contribution < 1.29 is 14.9 Å². The van der Waals surface area contributed by atoms with Gasteiger partial charge < -0.3 is 14.9 Å². The van der Waals surface area contributed by atoms with Crippen molar-refractivity contribution in [2.75, 3.05) is 24.7 Å². The molecule has 0 aliphatic heterocycles. The molecule has 0 rings (SSSR count). The van der Waals surface area contributed by atoms with Crippen molar-refractivity contribution in [3.8, 4) is 0 Å². The van der Waals surface area contributed by atoms with Gasteiger partial charge in [-0.05, 0) is 13.8 Å². The Hall–Kier alpha value is 0.230. The van der Waals surface area contributed by atoms with Gasteiger partial charge in [0.25, 0.3) is 0 Å². The Morgan fingerprint density at radius 1 is 1.25 bits per heavy atom. The number of aliphatic hydroxyl groups excluding tert-OH is 2. The topological polar surface area (TPSA) is 49.7 Å². The molecule has 0 aromatic heterocycles. The molecule has 3 nitrogen and oxygen atoms in total. The van der Waals surface area contributed by atoms with E-state index in [-0.39, 0.29) is 12.2 Å².